The largest absolute Gasteiger partial charge is 0.366 e. The van der Waals surface area contributed by atoms with Crippen LogP contribution in [0.4, 0.5) is 14.5 Å². The second kappa shape index (κ2) is 10.1. The number of rotatable bonds is 5. The van der Waals surface area contributed by atoms with Gasteiger partial charge in [0.25, 0.3) is 5.91 Å². The predicted molar refractivity (Wildman–Crippen MR) is 119 cm³/mol. The van der Waals surface area contributed by atoms with Crippen LogP contribution in [0.15, 0.2) is 48.5 Å². The highest BCUT2D eigenvalue weighted by Crippen LogP contribution is 2.20. The molecule has 2 heterocycles. The fourth-order valence-corrected chi connectivity index (χ4v) is 4.34. The number of likely N-dealkylation sites (tertiary alicyclic amines) is 1. The Morgan fingerprint density at radius 2 is 1.47 bits per heavy atom. The van der Waals surface area contributed by atoms with Gasteiger partial charge in [-0.2, -0.15) is 0 Å². The summed E-state index contributed by atoms with van der Waals surface area (Å²) in [5, 5.41) is 2.90. The van der Waals surface area contributed by atoms with Crippen LogP contribution in [-0.2, 0) is 4.79 Å². The molecule has 0 aromatic heterocycles. The Hall–Kier alpha value is -3.00. The third-order valence-corrected chi connectivity index (χ3v) is 6.23. The molecule has 2 aliphatic rings. The highest BCUT2D eigenvalue weighted by Gasteiger charge is 2.27. The SMILES string of the molecule is O=C(NC1CCN(CC(=O)N2CCN(c3ccccc3F)CC2)CC1)c1ccccc1F. The molecule has 8 heteroatoms. The van der Waals surface area contributed by atoms with Crippen molar-refractivity contribution < 1.29 is 18.4 Å². The molecular formula is C24H28F2N4O2. The van der Waals surface area contributed by atoms with Gasteiger partial charge in [-0.3, -0.25) is 14.5 Å². The lowest BCUT2D eigenvalue weighted by atomic mass is 10.0. The van der Waals surface area contributed by atoms with Gasteiger partial charge in [0.05, 0.1) is 17.8 Å². The quantitative estimate of drug-likeness (QED) is 0.773. The standard InChI is InChI=1S/C24H28F2N4O2/c25-20-6-2-1-5-19(20)24(32)27-18-9-11-28(12-10-18)17-23(31)30-15-13-29(14-16-30)22-8-4-3-7-21(22)26/h1-8,18H,9-17H2,(H,27,32). The summed E-state index contributed by atoms with van der Waals surface area (Å²) < 4.78 is 27.8. The Labute approximate surface area is 186 Å². The second-order valence-corrected chi connectivity index (χ2v) is 8.32. The fourth-order valence-electron chi connectivity index (χ4n) is 4.34. The molecule has 0 saturated carbocycles. The maximum atomic E-state index is 14.0. The Kier molecular flexibility index (Phi) is 6.99. The molecule has 170 valence electrons. The van der Waals surface area contributed by atoms with Crippen LogP contribution in [0.1, 0.15) is 23.2 Å². The highest BCUT2D eigenvalue weighted by atomic mass is 19.1. The van der Waals surface area contributed by atoms with Crippen molar-refractivity contribution >= 4 is 17.5 Å². The van der Waals surface area contributed by atoms with Crippen molar-refractivity contribution in [3.63, 3.8) is 0 Å². The second-order valence-electron chi connectivity index (χ2n) is 8.32. The number of hydrogen-bond acceptors (Lipinski definition) is 4. The number of nitrogens with zero attached hydrogens (tertiary/aromatic N) is 3. The van der Waals surface area contributed by atoms with Gasteiger partial charge < -0.3 is 15.1 Å². The third-order valence-electron chi connectivity index (χ3n) is 6.23. The van der Waals surface area contributed by atoms with Crippen molar-refractivity contribution in [1.82, 2.24) is 15.1 Å². The van der Waals surface area contributed by atoms with Crippen LogP contribution in [0.5, 0.6) is 0 Å². The van der Waals surface area contributed by atoms with Crippen LogP contribution < -0.4 is 10.2 Å². The number of halogens is 2. The number of piperidine rings is 1. The van der Waals surface area contributed by atoms with Gasteiger partial charge in [-0.05, 0) is 37.1 Å². The number of piperazine rings is 1. The molecule has 4 rings (SSSR count). The van der Waals surface area contributed by atoms with Gasteiger partial charge in [0.2, 0.25) is 5.91 Å². The Morgan fingerprint density at radius 3 is 2.12 bits per heavy atom. The van der Waals surface area contributed by atoms with Gasteiger partial charge in [0, 0.05) is 45.3 Å². The van der Waals surface area contributed by atoms with E-state index in [1.54, 1.807) is 24.3 Å². The van der Waals surface area contributed by atoms with Crippen molar-refractivity contribution in [2.45, 2.75) is 18.9 Å². The molecule has 0 aliphatic carbocycles. The first kappa shape index (κ1) is 22.2. The molecule has 2 aliphatic heterocycles. The summed E-state index contributed by atoms with van der Waals surface area (Å²) in [5.74, 6) is -1.09. The summed E-state index contributed by atoms with van der Waals surface area (Å²) in [6.07, 6.45) is 1.43. The zero-order valence-corrected chi connectivity index (χ0v) is 18.0. The number of benzene rings is 2. The van der Waals surface area contributed by atoms with Gasteiger partial charge in [-0.1, -0.05) is 24.3 Å². The molecule has 0 radical (unpaired) electrons. The maximum Gasteiger partial charge on any atom is 0.254 e. The van der Waals surface area contributed by atoms with Crippen molar-refractivity contribution in [3.8, 4) is 0 Å². The summed E-state index contributed by atoms with van der Waals surface area (Å²) >= 11 is 0. The number of nitrogens with one attached hydrogen (secondary N) is 1. The minimum absolute atomic E-state index is 0.0298. The van der Waals surface area contributed by atoms with E-state index < -0.39 is 11.7 Å². The fraction of sp³-hybridized carbons (Fsp3) is 0.417. The minimum Gasteiger partial charge on any atom is -0.366 e. The molecule has 2 aromatic rings. The van der Waals surface area contributed by atoms with Crippen molar-refractivity contribution in [2.24, 2.45) is 0 Å². The molecule has 2 amide bonds. The molecular weight excluding hydrogens is 414 g/mol. The molecule has 32 heavy (non-hydrogen) atoms. The minimum atomic E-state index is -0.525. The summed E-state index contributed by atoms with van der Waals surface area (Å²) in [5.41, 5.74) is 0.638. The molecule has 1 N–H and O–H groups in total. The van der Waals surface area contributed by atoms with E-state index in [1.165, 1.54) is 18.2 Å². The summed E-state index contributed by atoms with van der Waals surface area (Å²) in [7, 11) is 0. The average molecular weight is 443 g/mol. The summed E-state index contributed by atoms with van der Waals surface area (Å²) in [6, 6.07) is 12.6. The maximum absolute atomic E-state index is 14.0. The Bertz CT molecular complexity index is 955. The number of para-hydroxylation sites is 1. The lowest BCUT2D eigenvalue weighted by molar-refractivity contribution is -0.133. The number of carbonyl (C=O) groups is 2. The van der Waals surface area contributed by atoms with E-state index in [2.05, 4.69) is 10.2 Å². The van der Waals surface area contributed by atoms with Crippen LogP contribution in [0.25, 0.3) is 0 Å². The van der Waals surface area contributed by atoms with Crippen molar-refractivity contribution in [1.29, 1.82) is 0 Å². The van der Waals surface area contributed by atoms with Crippen molar-refractivity contribution in [3.05, 3.63) is 65.7 Å². The molecule has 6 nitrogen and oxygen atoms in total. The molecule has 0 atom stereocenters. The van der Waals surface area contributed by atoms with E-state index in [9.17, 15) is 18.4 Å². The van der Waals surface area contributed by atoms with Gasteiger partial charge in [-0.15, -0.1) is 0 Å². The van der Waals surface area contributed by atoms with E-state index in [4.69, 9.17) is 0 Å². The van der Waals surface area contributed by atoms with Gasteiger partial charge >= 0.3 is 0 Å². The number of hydrogen-bond donors (Lipinski definition) is 1. The Morgan fingerprint density at radius 1 is 0.844 bits per heavy atom. The lowest BCUT2D eigenvalue weighted by Gasteiger charge is -2.38. The van der Waals surface area contributed by atoms with E-state index >= 15 is 0 Å². The first-order chi connectivity index (χ1) is 15.5. The molecule has 0 unspecified atom stereocenters. The molecule has 2 fully saturated rings. The normalized spacial score (nSPS) is 17.9. The zero-order valence-electron chi connectivity index (χ0n) is 18.0. The first-order valence-corrected chi connectivity index (χ1v) is 11.1. The zero-order chi connectivity index (χ0) is 22.5. The van der Waals surface area contributed by atoms with Crippen LogP contribution in [0.2, 0.25) is 0 Å². The topological polar surface area (TPSA) is 55.9 Å². The van der Waals surface area contributed by atoms with Crippen LogP contribution in [-0.4, -0.2) is 73.5 Å². The molecule has 0 spiro atoms. The van der Waals surface area contributed by atoms with Crippen LogP contribution in [0, 0.1) is 11.6 Å². The predicted octanol–water partition coefficient (Wildman–Crippen LogP) is 2.51. The highest BCUT2D eigenvalue weighted by molar-refractivity contribution is 5.94. The van der Waals surface area contributed by atoms with Gasteiger partial charge in [0.1, 0.15) is 11.6 Å². The molecule has 2 aromatic carbocycles. The summed E-state index contributed by atoms with van der Waals surface area (Å²) in [4.78, 5) is 30.9. The smallest absolute Gasteiger partial charge is 0.254 e. The average Bonchev–Trinajstić information content (AvgIpc) is 2.81. The van der Waals surface area contributed by atoms with E-state index in [0.29, 0.717) is 64.3 Å². The van der Waals surface area contributed by atoms with Gasteiger partial charge in [0.15, 0.2) is 0 Å². The number of amides is 2. The van der Waals surface area contributed by atoms with Gasteiger partial charge in [-0.25, -0.2) is 8.78 Å². The third kappa shape index (κ3) is 5.24. The number of carbonyl (C=O) groups excluding carboxylic acids is 2. The van der Waals surface area contributed by atoms with E-state index in [1.807, 2.05) is 15.9 Å². The first-order valence-electron chi connectivity index (χ1n) is 11.1. The van der Waals surface area contributed by atoms with Crippen LogP contribution in [0.3, 0.4) is 0 Å². The van der Waals surface area contributed by atoms with E-state index in [-0.39, 0.29) is 23.3 Å². The summed E-state index contributed by atoms with van der Waals surface area (Å²) in [6.45, 7) is 4.10. The van der Waals surface area contributed by atoms with E-state index in [0.717, 1.165) is 0 Å². The van der Waals surface area contributed by atoms with Crippen LogP contribution >= 0.6 is 0 Å². The number of anilines is 1. The molecule has 0 bridgehead atoms. The Balaban J connectivity index is 1.20. The molecule has 2 saturated heterocycles. The van der Waals surface area contributed by atoms with Crippen molar-refractivity contribution in [2.75, 3.05) is 50.7 Å². The monoisotopic (exact) mass is 442 g/mol. The lowest BCUT2D eigenvalue weighted by Crippen LogP contribution is -2.53.